The van der Waals surface area contributed by atoms with Crippen LogP contribution < -0.4 is 10.5 Å². The van der Waals surface area contributed by atoms with Gasteiger partial charge in [0.25, 0.3) is 0 Å². The van der Waals surface area contributed by atoms with Gasteiger partial charge in [-0.25, -0.2) is 4.39 Å². The summed E-state index contributed by atoms with van der Waals surface area (Å²) in [5.74, 6) is 0.154. The van der Waals surface area contributed by atoms with Crippen molar-refractivity contribution in [1.82, 2.24) is 9.55 Å². The molecule has 0 bridgehead atoms. The third-order valence-electron chi connectivity index (χ3n) is 5.05. The first-order chi connectivity index (χ1) is 12.9. The normalized spacial score (nSPS) is 16.4. The Labute approximate surface area is 164 Å². The van der Waals surface area contributed by atoms with E-state index in [1.165, 1.54) is 10.6 Å². The molecule has 4 rings (SSSR count). The van der Waals surface area contributed by atoms with Crippen molar-refractivity contribution in [2.24, 2.45) is 0 Å². The summed E-state index contributed by atoms with van der Waals surface area (Å²) in [5.41, 5.74) is 2.54. The van der Waals surface area contributed by atoms with E-state index in [2.05, 4.69) is 27.8 Å². The molecule has 3 aromatic rings. The van der Waals surface area contributed by atoms with Crippen molar-refractivity contribution in [2.75, 3.05) is 4.90 Å². The maximum absolute atomic E-state index is 14.9. The molecule has 0 amide bonds. The number of benzene rings is 2. The van der Waals surface area contributed by atoms with Crippen LogP contribution in [0.4, 0.5) is 15.9 Å². The van der Waals surface area contributed by atoms with Crippen molar-refractivity contribution in [3.05, 3.63) is 57.9 Å². The van der Waals surface area contributed by atoms with E-state index in [0.717, 1.165) is 28.6 Å². The van der Waals surface area contributed by atoms with E-state index in [1.807, 2.05) is 23.1 Å². The SMILES string of the molecule is CC(=N)n1c(=N)nc(N2c3cccc(Br)c3CCC2C)c2c(F)cccc21. The Bertz CT molecular complexity index is 1140. The molecule has 5 nitrogen and oxygen atoms in total. The molecular weight excluding hydrogens is 409 g/mol. The third kappa shape index (κ3) is 2.77. The summed E-state index contributed by atoms with van der Waals surface area (Å²) in [6.45, 7) is 3.66. The molecule has 2 aromatic carbocycles. The summed E-state index contributed by atoms with van der Waals surface area (Å²) < 4.78 is 17.3. The minimum Gasteiger partial charge on any atom is -0.322 e. The van der Waals surface area contributed by atoms with Crippen LogP contribution >= 0.6 is 15.9 Å². The Morgan fingerprint density at radius 2 is 2.00 bits per heavy atom. The number of hydrogen-bond acceptors (Lipinski definition) is 4. The fourth-order valence-corrected chi connectivity index (χ4v) is 4.37. The zero-order valence-corrected chi connectivity index (χ0v) is 16.6. The maximum atomic E-state index is 14.9. The van der Waals surface area contributed by atoms with Crippen LogP contribution in [0.2, 0.25) is 0 Å². The second kappa shape index (κ2) is 6.56. The van der Waals surface area contributed by atoms with E-state index in [-0.39, 0.29) is 17.5 Å². The van der Waals surface area contributed by atoms with Gasteiger partial charge in [0, 0.05) is 16.2 Å². The fraction of sp³-hybridized carbons (Fsp3) is 0.250. The smallest absolute Gasteiger partial charge is 0.230 e. The maximum Gasteiger partial charge on any atom is 0.230 e. The highest BCUT2D eigenvalue weighted by molar-refractivity contribution is 9.10. The number of nitrogens with one attached hydrogen (secondary N) is 2. The van der Waals surface area contributed by atoms with Crippen molar-refractivity contribution < 1.29 is 4.39 Å². The van der Waals surface area contributed by atoms with Crippen LogP contribution in [0.5, 0.6) is 0 Å². The lowest BCUT2D eigenvalue weighted by Crippen LogP contribution is -2.37. The van der Waals surface area contributed by atoms with Crippen LogP contribution in [0.25, 0.3) is 10.9 Å². The first-order valence-corrected chi connectivity index (χ1v) is 9.57. The predicted molar refractivity (Wildman–Crippen MR) is 108 cm³/mol. The Morgan fingerprint density at radius 3 is 2.74 bits per heavy atom. The van der Waals surface area contributed by atoms with E-state index < -0.39 is 5.82 Å². The van der Waals surface area contributed by atoms with Crippen molar-refractivity contribution in [1.29, 1.82) is 10.8 Å². The molecule has 2 N–H and O–H groups in total. The van der Waals surface area contributed by atoms with Gasteiger partial charge in [-0.3, -0.25) is 15.4 Å². The lowest BCUT2D eigenvalue weighted by Gasteiger charge is -2.37. The Balaban J connectivity index is 2.10. The molecule has 0 saturated heterocycles. The molecule has 7 heteroatoms. The minimum absolute atomic E-state index is 0.0788. The average Bonchev–Trinajstić information content (AvgIpc) is 2.61. The molecule has 1 aromatic heterocycles. The van der Waals surface area contributed by atoms with Gasteiger partial charge < -0.3 is 4.90 Å². The van der Waals surface area contributed by atoms with Crippen LogP contribution in [-0.4, -0.2) is 21.4 Å². The van der Waals surface area contributed by atoms with E-state index >= 15 is 0 Å². The van der Waals surface area contributed by atoms with Gasteiger partial charge in [-0.05, 0) is 56.5 Å². The molecule has 2 heterocycles. The van der Waals surface area contributed by atoms with Gasteiger partial charge in [0.15, 0.2) is 0 Å². The Hall–Kier alpha value is -2.54. The molecule has 27 heavy (non-hydrogen) atoms. The summed E-state index contributed by atoms with van der Waals surface area (Å²) in [7, 11) is 0. The van der Waals surface area contributed by atoms with Gasteiger partial charge in [-0.2, -0.15) is 4.98 Å². The second-order valence-corrected chi connectivity index (χ2v) is 7.66. The highest BCUT2D eigenvalue weighted by atomic mass is 79.9. The standard InChI is InChI=1S/C20H19BrFN5/c1-11-9-10-13-14(21)5-3-7-16(13)26(11)19-18-15(22)6-4-8-17(18)27(12(2)23)20(24)25-19/h3-8,11,23-24H,9-10H2,1-2H3. The van der Waals surface area contributed by atoms with E-state index in [0.29, 0.717) is 16.7 Å². The molecule has 1 unspecified atom stereocenters. The summed E-state index contributed by atoms with van der Waals surface area (Å²) in [6.07, 6.45) is 1.83. The van der Waals surface area contributed by atoms with Crippen LogP contribution in [0.15, 0.2) is 40.9 Å². The molecule has 0 spiro atoms. The van der Waals surface area contributed by atoms with Gasteiger partial charge in [-0.15, -0.1) is 0 Å². The fourth-order valence-electron chi connectivity index (χ4n) is 3.82. The molecule has 0 radical (unpaired) electrons. The first kappa shape index (κ1) is 17.9. The lowest BCUT2D eigenvalue weighted by atomic mass is 9.96. The van der Waals surface area contributed by atoms with Crippen LogP contribution in [-0.2, 0) is 6.42 Å². The number of anilines is 2. The molecule has 1 atom stereocenters. The quantitative estimate of drug-likeness (QED) is 0.435. The van der Waals surface area contributed by atoms with E-state index in [9.17, 15) is 4.39 Å². The third-order valence-corrected chi connectivity index (χ3v) is 5.79. The molecule has 0 aliphatic carbocycles. The van der Waals surface area contributed by atoms with Gasteiger partial charge in [0.1, 0.15) is 17.5 Å². The van der Waals surface area contributed by atoms with E-state index in [4.69, 9.17) is 10.8 Å². The molecular formula is C20H19BrFN5. The molecule has 138 valence electrons. The van der Waals surface area contributed by atoms with Crippen LogP contribution in [0.1, 0.15) is 25.8 Å². The summed E-state index contributed by atoms with van der Waals surface area (Å²) in [6, 6.07) is 10.8. The van der Waals surface area contributed by atoms with Gasteiger partial charge in [0.05, 0.1) is 10.9 Å². The summed E-state index contributed by atoms with van der Waals surface area (Å²) in [5, 5.41) is 16.7. The predicted octanol–water partition coefficient (Wildman–Crippen LogP) is 4.74. The number of rotatable bonds is 1. The van der Waals surface area contributed by atoms with Gasteiger partial charge in [0.2, 0.25) is 5.62 Å². The monoisotopic (exact) mass is 427 g/mol. The highest BCUT2D eigenvalue weighted by Gasteiger charge is 2.29. The van der Waals surface area contributed by atoms with Gasteiger partial charge >= 0.3 is 0 Å². The lowest BCUT2D eigenvalue weighted by molar-refractivity contribution is 0.607. The number of aromatic nitrogens is 2. The Kier molecular flexibility index (Phi) is 4.34. The average molecular weight is 428 g/mol. The number of fused-ring (bicyclic) bond motifs is 2. The number of hydrogen-bond donors (Lipinski definition) is 2. The summed E-state index contributed by atoms with van der Waals surface area (Å²) >= 11 is 3.62. The van der Waals surface area contributed by atoms with Crippen molar-refractivity contribution in [3.63, 3.8) is 0 Å². The zero-order valence-electron chi connectivity index (χ0n) is 15.1. The minimum atomic E-state index is -0.403. The molecule has 1 aliphatic rings. The van der Waals surface area contributed by atoms with Crippen molar-refractivity contribution >= 4 is 44.2 Å². The molecule has 1 aliphatic heterocycles. The van der Waals surface area contributed by atoms with Crippen molar-refractivity contribution in [2.45, 2.75) is 32.7 Å². The summed E-state index contributed by atoms with van der Waals surface area (Å²) in [4.78, 5) is 6.47. The first-order valence-electron chi connectivity index (χ1n) is 8.78. The topological polar surface area (TPSA) is 68.8 Å². The zero-order chi connectivity index (χ0) is 19.3. The van der Waals surface area contributed by atoms with Gasteiger partial charge in [-0.1, -0.05) is 28.1 Å². The second-order valence-electron chi connectivity index (χ2n) is 6.81. The van der Waals surface area contributed by atoms with Crippen molar-refractivity contribution in [3.8, 4) is 0 Å². The van der Waals surface area contributed by atoms with Crippen LogP contribution in [0, 0.1) is 16.6 Å². The Morgan fingerprint density at radius 1 is 1.26 bits per heavy atom. The molecule has 0 fully saturated rings. The number of halogens is 2. The largest absolute Gasteiger partial charge is 0.322 e. The van der Waals surface area contributed by atoms with Crippen LogP contribution in [0.3, 0.4) is 0 Å². The highest BCUT2D eigenvalue weighted by Crippen LogP contribution is 2.41. The number of nitrogens with zero attached hydrogens (tertiary/aromatic N) is 3. The van der Waals surface area contributed by atoms with E-state index in [1.54, 1.807) is 19.1 Å². The molecule has 0 saturated carbocycles.